The third kappa shape index (κ3) is 1.66. The summed E-state index contributed by atoms with van der Waals surface area (Å²) in [7, 11) is -1.88. The molecule has 20 heavy (non-hydrogen) atoms. The van der Waals surface area contributed by atoms with Crippen LogP contribution < -0.4 is 0 Å². The van der Waals surface area contributed by atoms with Crippen LogP contribution in [0, 0.1) is 5.41 Å². The smallest absolute Gasteiger partial charge is 0.0929 e. The van der Waals surface area contributed by atoms with Gasteiger partial charge in [-0.3, -0.25) is 9.31 Å². The van der Waals surface area contributed by atoms with E-state index in [2.05, 4.69) is 16.1 Å². The number of benzene rings is 1. The molecule has 1 aromatic heterocycles. The number of nitrogens with one attached hydrogen (secondary N) is 1. The summed E-state index contributed by atoms with van der Waals surface area (Å²) in [4.78, 5) is 0. The average molecular weight is 311 g/mol. The van der Waals surface area contributed by atoms with Crippen molar-refractivity contribution in [2.45, 2.75) is 18.4 Å². The van der Waals surface area contributed by atoms with Crippen molar-refractivity contribution in [1.82, 2.24) is 10.2 Å². The molecule has 1 spiro atoms. The maximum Gasteiger partial charge on any atom is 0.0929 e. The van der Waals surface area contributed by atoms with Gasteiger partial charge in [0, 0.05) is 27.5 Å². The minimum absolute atomic E-state index is 0.0161. The number of nitrogens with zero attached hydrogens (tertiary/aromatic N) is 1. The largest absolute Gasteiger partial charge is 0.385 e. The van der Waals surface area contributed by atoms with Crippen LogP contribution in [0.5, 0.6) is 0 Å². The first-order valence-electron chi connectivity index (χ1n) is 6.49. The van der Waals surface area contributed by atoms with E-state index in [0.717, 1.165) is 16.5 Å². The summed E-state index contributed by atoms with van der Waals surface area (Å²) in [6.45, 7) is 0. The van der Waals surface area contributed by atoms with Crippen LogP contribution in [0.25, 0.3) is 10.9 Å². The fourth-order valence-corrected chi connectivity index (χ4v) is 6.83. The molecule has 6 heteroatoms. The molecule has 0 radical (unpaired) electrons. The van der Waals surface area contributed by atoms with E-state index < -0.39 is 15.1 Å². The van der Waals surface area contributed by atoms with Gasteiger partial charge in [-0.05, 0) is 45.8 Å². The predicted molar refractivity (Wildman–Crippen MR) is 81.7 cm³/mol. The van der Waals surface area contributed by atoms with E-state index in [1.165, 1.54) is 0 Å². The molecule has 2 N–H and O–H groups in total. The monoisotopic (exact) mass is 310 g/mol. The zero-order chi connectivity index (χ0) is 14.2. The highest BCUT2D eigenvalue weighted by atomic mass is 35.5. The molecule has 0 bridgehead atoms. The first-order valence-corrected chi connectivity index (χ1v) is 8.94. The molecule has 2 fully saturated rings. The Kier molecular flexibility index (Phi) is 2.27. The van der Waals surface area contributed by atoms with Gasteiger partial charge in [-0.25, -0.2) is 0 Å². The van der Waals surface area contributed by atoms with E-state index in [1.54, 1.807) is 12.3 Å². The van der Waals surface area contributed by atoms with Gasteiger partial charge in [-0.15, -0.1) is 0 Å². The lowest BCUT2D eigenvalue weighted by molar-refractivity contribution is -0.120. The molecule has 1 aliphatic heterocycles. The second-order valence-corrected chi connectivity index (χ2v) is 9.37. The summed E-state index contributed by atoms with van der Waals surface area (Å²) in [5, 5.41) is 19.3. The van der Waals surface area contributed by atoms with Crippen molar-refractivity contribution in [2.24, 2.45) is 5.41 Å². The summed E-state index contributed by atoms with van der Waals surface area (Å²) >= 11 is 6.12. The molecule has 1 saturated heterocycles. The minimum Gasteiger partial charge on any atom is -0.385 e. The van der Waals surface area contributed by atoms with Crippen molar-refractivity contribution >= 4 is 37.9 Å². The molecule has 2 aliphatic rings. The lowest BCUT2D eigenvalue weighted by Crippen LogP contribution is -2.62. The van der Waals surface area contributed by atoms with E-state index in [9.17, 15) is 9.32 Å². The Balaban J connectivity index is 1.73. The topological polar surface area (TPSA) is 66.0 Å². The van der Waals surface area contributed by atoms with Crippen LogP contribution >= 0.6 is 11.6 Å². The number of aliphatic hydroxyl groups is 1. The lowest BCUT2D eigenvalue weighted by atomic mass is 9.58. The van der Waals surface area contributed by atoms with Gasteiger partial charge >= 0.3 is 0 Å². The highest BCUT2D eigenvalue weighted by Crippen LogP contribution is 2.60. The second-order valence-electron chi connectivity index (χ2n) is 6.43. The Morgan fingerprint density at radius 1 is 1.40 bits per heavy atom. The van der Waals surface area contributed by atoms with Crippen molar-refractivity contribution in [3.8, 4) is 0 Å². The summed E-state index contributed by atoms with van der Waals surface area (Å²) in [6.07, 6.45) is 2.95. The number of aromatic amines is 1. The summed E-state index contributed by atoms with van der Waals surface area (Å²) in [5.74, 6) is 5.01. The normalized spacial score (nSPS) is 39.7. The molecular formula is C14H15ClN2O2S. The molecule has 106 valence electrons. The molecule has 2 aromatic rings. The number of hydrogen-bond acceptors (Lipinski definition) is 3. The van der Waals surface area contributed by atoms with Crippen molar-refractivity contribution in [2.75, 3.05) is 11.5 Å². The first-order chi connectivity index (χ1) is 9.31. The van der Waals surface area contributed by atoms with E-state index in [-0.39, 0.29) is 5.41 Å². The number of rotatable bonds is 1. The Morgan fingerprint density at radius 3 is 2.75 bits per heavy atom. The van der Waals surface area contributed by atoms with Gasteiger partial charge < -0.3 is 5.11 Å². The quantitative estimate of drug-likeness (QED) is 0.791. The Labute approximate surface area is 122 Å². The molecule has 1 aliphatic carbocycles. The molecular weight excluding hydrogens is 296 g/mol. The zero-order valence-electron chi connectivity index (χ0n) is 10.9. The van der Waals surface area contributed by atoms with Gasteiger partial charge in [0.15, 0.2) is 0 Å². The van der Waals surface area contributed by atoms with Gasteiger partial charge in [-0.1, -0.05) is 11.6 Å². The Bertz CT molecular complexity index is 805. The number of aromatic nitrogens is 2. The fourth-order valence-electron chi connectivity index (χ4n) is 4.05. The van der Waals surface area contributed by atoms with Crippen LogP contribution in [-0.2, 0) is 15.1 Å². The molecule has 1 aromatic carbocycles. The van der Waals surface area contributed by atoms with Crippen molar-refractivity contribution in [1.29, 1.82) is 0 Å². The second kappa shape index (κ2) is 3.59. The molecule has 1 saturated carbocycles. The van der Waals surface area contributed by atoms with E-state index in [1.807, 2.05) is 6.07 Å². The molecule has 4 nitrogen and oxygen atoms in total. The van der Waals surface area contributed by atoms with E-state index in [4.69, 9.17) is 11.6 Å². The summed E-state index contributed by atoms with van der Waals surface area (Å²) < 4.78 is 11.8. The average Bonchev–Trinajstić information content (AvgIpc) is 2.70. The Morgan fingerprint density at radius 2 is 2.10 bits per heavy atom. The SMILES string of the molecule is C=S1(=O)CC2(CC(O)(c3cc(Cl)cc4cn[nH]c34)C2)C1. The lowest BCUT2D eigenvalue weighted by Gasteiger charge is -2.59. The van der Waals surface area contributed by atoms with Crippen LogP contribution in [0.3, 0.4) is 0 Å². The van der Waals surface area contributed by atoms with Crippen LogP contribution in [0.4, 0.5) is 0 Å². The van der Waals surface area contributed by atoms with E-state index >= 15 is 0 Å². The highest BCUT2D eigenvalue weighted by molar-refractivity contribution is 8.01. The third-order valence-electron chi connectivity index (χ3n) is 4.49. The maximum absolute atomic E-state index is 11.8. The van der Waals surface area contributed by atoms with Gasteiger partial charge in [0.25, 0.3) is 0 Å². The van der Waals surface area contributed by atoms with Crippen molar-refractivity contribution in [3.63, 3.8) is 0 Å². The molecule has 4 rings (SSSR count). The molecule has 0 unspecified atom stereocenters. The van der Waals surface area contributed by atoms with Crippen molar-refractivity contribution < 1.29 is 9.32 Å². The molecule has 2 heterocycles. The number of halogens is 1. The van der Waals surface area contributed by atoms with Crippen molar-refractivity contribution in [3.05, 3.63) is 28.9 Å². The Hall–Kier alpha value is -1.04. The summed E-state index contributed by atoms with van der Waals surface area (Å²) in [6, 6.07) is 3.63. The minimum atomic E-state index is -1.88. The van der Waals surface area contributed by atoms with Gasteiger partial charge in [0.1, 0.15) is 0 Å². The van der Waals surface area contributed by atoms with Gasteiger partial charge in [0.05, 0.1) is 17.3 Å². The van der Waals surface area contributed by atoms with Gasteiger partial charge in [-0.2, -0.15) is 5.10 Å². The number of hydrogen-bond donors (Lipinski definition) is 2. The zero-order valence-corrected chi connectivity index (χ0v) is 12.4. The van der Waals surface area contributed by atoms with Crippen LogP contribution in [0.2, 0.25) is 5.02 Å². The maximum atomic E-state index is 11.8. The molecule has 0 amide bonds. The third-order valence-corrected chi connectivity index (χ3v) is 6.98. The van der Waals surface area contributed by atoms with Crippen LogP contribution in [0.15, 0.2) is 18.3 Å². The first kappa shape index (κ1) is 12.7. The van der Waals surface area contributed by atoms with Crippen LogP contribution in [0.1, 0.15) is 18.4 Å². The molecule has 0 atom stereocenters. The van der Waals surface area contributed by atoms with Gasteiger partial charge in [0.2, 0.25) is 0 Å². The predicted octanol–water partition coefficient (Wildman–Crippen LogP) is 1.91. The van der Waals surface area contributed by atoms with Crippen LogP contribution in [-0.4, -0.2) is 36.9 Å². The summed E-state index contributed by atoms with van der Waals surface area (Å²) in [5.41, 5.74) is 0.750. The van der Waals surface area contributed by atoms with E-state index in [0.29, 0.717) is 29.4 Å². The number of H-pyrrole nitrogens is 1. The standard InChI is InChI=1S/C14H15ClN2O2S/c1-20(19)7-13(8-20)5-14(18,6-13)11-3-10(15)2-9-4-16-17-12(9)11/h2-4,18H,1,5-8H2,(H,16,17). The number of fused-ring (bicyclic) bond motifs is 1. The highest BCUT2D eigenvalue weighted by Gasteiger charge is 2.61. The fraction of sp³-hybridized carbons (Fsp3) is 0.429.